The van der Waals surface area contributed by atoms with E-state index >= 15 is 0 Å². The lowest BCUT2D eigenvalue weighted by atomic mass is 9.87. The van der Waals surface area contributed by atoms with Crippen LogP contribution in [0.5, 0.6) is 5.75 Å². The van der Waals surface area contributed by atoms with E-state index in [2.05, 4.69) is 33.0 Å². The summed E-state index contributed by atoms with van der Waals surface area (Å²) in [6.45, 7) is 13.2. The molecule has 0 spiro atoms. The zero-order valence-electron chi connectivity index (χ0n) is 20.4. The van der Waals surface area contributed by atoms with Crippen molar-refractivity contribution in [1.82, 2.24) is 10.2 Å². The second kappa shape index (κ2) is 11.7. The van der Waals surface area contributed by atoms with Crippen molar-refractivity contribution in [2.75, 3.05) is 13.2 Å². The molecule has 0 aromatic heterocycles. The van der Waals surface area contributed by atoms with E-state index in [4.69, 9.17) is 4.74 Å². The second-order valence-corrected chi connectivity index (χ2v) is 9.39. The van der Waals surface area contributed by atoms with E-state index in [1.807, 2.05) is 55.5 Å². The lowest BCUT2D eigenvalue weighted by Crippen LogP contribution is -2.49. The Morgan fingerprint density at radius 3 is 2.22 bits per heavy atom. The first kappa shape index (κ1) is 25.4. The van der Waals surface area contributed by atoms with Crippen molar-refractivity contribution in [3.05, 3.63) is 65.2 Å². The van der Waals surface area contributed by atoms with Crippen LogP contribution in [-0.4, -0.2) is 35.9 Å². The Balaban J connectivity index is 2.09. The lowest BCUT2D eigenvalue weighted by molar-refractivity contribution is -0.142. The quantitative estimate of drug-likeness (QED) is 0.531. The molecular formula is C27H38N2O3. The van der Waals surface area contributed by atoms with Crippen LogP contribution >= 0.6 is 0 Å². The van der Waals surface area contributed by atoms with Crippen molar-refractivity contribution < 1.29 is 14.3 Å². The summed E-state index contributed by atoms with van der Waals surface area (Å²) >= 11 is 0. The summed E-state index contributed by atoms with van der Waals surface area (Å²) in [5, 5.41) is 2.93. The first-order valence-corrected chi connectivity index (χ1v) is 11.5. The van der Waals surface area contributed by atoms with Crippen LogP contribution in [0.3, 0.4) is 0 Å². The molecule has 0 aliphatic heterocycles. The van der Waals surface area contributed by atoms with E-state index in [1.54, 1.807) is 11.8 Å². The number of rotatable bonds is 10. The number of amides is 2. The van der Waals surface area contributed by atoms with Crippen LogP contribution in [0, 0.1) is 6.92 Å². The molecule has 1 N–H and O–H groups in total. The number of hydrogen-bond acceptors (Lipinski definition) is 3. The number of ether oxygens (including phenoxy) is 1. The first-order valence-electron chi connectivity index (χ1n) is 11.5. The van der Waals surface area contributed by atoms with E-state index < -0.39 is 6.04 Å². The molecule has 0 bridgehead atoms. The van der Waals surface area contributed by atoms with Crippen LogP contribution in [0.25, 0.3) is 0 Å². The van der Waals surface area contributed by atoms with Gasteiger partial charge in [-0.25, -0.2) is 0 Å². The van der Waals surface area contributed by atoms with Crippen LogP contribution < -0.4 is 10.1 Å². The summed E-state index contributed by atoms with van der Waals surface area (Å²) in [4.78, 5) is 27.4. The maximum atomic E-state index is 13.1. The van der Waals surface area contributed by atoms with Gasteiger partial charge in [0.05, 0.1) is 0 Å². The molecule has 174 valence electrons. The molecule has 0 radical (unpaired) electrons. The first-order chi connectivity index (χ1) is 15.1. The molecule has 2 amide bonds. The number of carbonyl (C=O) groups is 2. The molecule has 0 aliphatic rings. The van der Waals surface area contributed by atoms with Crippen LogP contribution in [-0.2, 0) is 21.5 Å². The Labute approximate surface area is 193 Å². The Hall–Kier alpha value is -2.82. The summed E-state index contributed by atoms with van der Waals surface area (Å²) in [5.74, 6) is 0.277. The fourth-order valence-electron chi connectivity index (χ4n) is 3.29. The number of carbonyl (C=O) groups excluding carboxylic acids is 2. The van der Waals surface area contributed by atoms with Gasteiger partial charge in [0.1, 0.15) is 11.8 Å². The molecule has 0 aliphatic carbocycles. The molecule has 1 unspecified atom stereocenters. The van der Waals surface area contributed by atoms with Gasteiger partial charge in [-0.15, -0.1) is 0 Å². The summed E-state index contributed by atoms with van der Waals surface area (Å²) in [6.07, 6.45) is 1.92. The summed E-state index contributed by atoms with van der Waals surface area (Å²) in [5.41, 5.74) is 3.39. The lowest BCUT2D eigenvalue weighted by Gasteiger charge is -2.29. The van der Waals surface area contributed by atoms with Gasteiger partial charge in [-0.1, -0.05) is 76.1 Å². The largest absolute Gasteiger partial charge is 0.484 e. The molecule has 0 saturated heterocycles. The van der Waals surface area contributed by atoms with Crippen LogP contribution in [0.15, 0.2) is 48.5 Å². The molecular weight excluding hydrogens is 400 g/mol. The zero-order chi connectivity index (χ0) is 23.7. The van der Waals surface area contributed by atoms with Crippen molar-refractivity contribution >= 4 is 11.8 Å². The number of hydrogen-bond donors (Lipinski definition) is 1. The minimum atomic E-state index is -0.590. The fourth-order valence-corrected chi connectivity index (χ4v) is 3.29. The van der Waals surface area contributed by atoms with E-state index in [0.29, 0.717) is 18.8 Å². The minimum absolute atomic E-state index is 0.0553. The van der Waals surface area contributed by atoms with Gasteiger partial charge in [0, 0.05) is 13.1 Å². The average molecular weight is 439 g/mol. The molecule has 5 heteroatoms. The fraction of sp³-hybridized carbons (Fsp3) is 0.481. The van der Waals surface area contributed by atoms with Gasteiger partial charge in [0.25, 0.3) is 5.91 Å². The third-order valence-electron chi connectivity index (χ3n) is 5.55. The van der Waals surface area contributed by atoms with Gasteiger partial charge in [-0.3, -0.25) is 9.59 Å². The molecule has 0 fully saturated rings. The summed E-state index contributed by atoms with van der Waals surface area (Å²) < 4.78 is 5.78. The standard InChI is InChI=1S/C27H38N2O3/c1-7-8-17-28-26(31)21(3)29(18-22-11-9-20(2)10-12-22)25(30)19-32-24-15-13-23(14-16-24)27(4,5)6/h9-16,21H,7-8,17-19H2,1-6H3,(H,28,31). The zero-order valence-corrected chi connectivity index (χ0v) is 20.4. The molecule has 2 aromatic carbocycles. The van der Waals surface area contributed by atoms with E-state index in [9.17, 15) is 9.59 Å². The highest BCUT2D eigenvalue weighted by molar-refractivity contribution is 5.87. The van der Waals surface area contributed by atoms with Crippen molar-refractivity contribution in [2.24, 2.45) is 0 Å². The van der Waals surface area contributed by atoms with Crippen molar-refractivity contribution in [1.29, 1.82) is 0 Å². The topological polar surface area (TPSA) is 58.6 Å². The van der Waals surface area contributed by atoms with Crippen LogP contribution in [0.2, 0.25) is 0 Å². The number of benzene rings is 2. The Bertz CT molecular complexity index is 867. The van der Waals surface area contributed by atoms with Crippen molar-refractivity contribution in [2.45, 2.75) is 72.4 Å². The number of nitrogens with one attached hydrogen (secondary N) is 1. The number of aryl methyl sites for hydroxylation is 1. The van der Waals surface area contributed by atoms with Crippen LogP contribution in [0.4, 0.5) is 0 Å². The molecule has 5 nitrogen and oxygen atoms in total. The summed E-state index contributed by atoms with van der Waals surface area (Å²) in [6, 6.07) is 15.2. The van der Waals surface area contributed by atoms with E-state index in [-0.39, 0.29) is 23.8 Å². The monoisotopic (exact) mass is 438 g/mol. The maximum Gasteiger partial charge on any atom is 0.261 e. The highest BCUT2D eigenvalue weighted by Crippen LogP contribution is 2.24. The van der Waals surface area contributed by atoms with Gasteiger partial charge in [-0.05, 0) is 48.9 Å². The van der Waals surface area contributed by atoms with Gasteiger partial charge in [-0.2, -0.15) is 0 Å². The van der Waals surface area contributed by atoms with Crippen molar-refractivity contribution in [3.63, 3.8) is 0 Å². The number of nitrogens with zero attached hydrogens (tertiary/aromatic N) is 1. The van der Waals surface area contributed by atoms with Gasteiger partial charge in [0.15, 0.2) is 6.61 Å². The van der Waals surface area contributed by atoms with E-state index in [0.717, 1.165) is 24.0 Å². The minimum Gasteiger partial charge on any atom is -0.484 e. The predicted molar refractivity (Wildman–Crippen MR) is 130 cm³/mol. The second-order valence-electron chi connectivity index (χ2n) is 9.39. The smallest absolute Gasteiger partial charge is 0.261 e. The third kappa shape index (κ3) is 7.70. The molecule has 2 aromatic rings. The Morgan fingerprint density at radius 2 is 1.66 bits per heavy atom. The van der Waals surface area contributed by atoms with Gasteiger partial charge in [0.2, 0.25) is 5.91 Å². The molecule has 1 atom stereocenters. The maximum absolute atomic E-state index is 13.1. The molecule has 0 heterocycles. The summed E-state index contributed by atoms with van der Waals surface area (Å²) in [7, 11) is 0. The molecule has 2 rings (SSSR count). The predicted octanol–water partition coefficient (Wildman–Crippen LogP) is 5.00. The average Bonchev–Trinajstić information content (AvgIpc) is 2.76. The highest BCUT2D eigenvalue weighted by atomic mass is 16.5. The Morgan fingerprint density at radius 1 is 1.03 bits per heavy atom. The van der Waals surface area contributed by atoms with Gasteiger partial charge >= 0.3 is 0 Å². The van der Waals surface area contributed by atoms with Gasteiger partial charge < -0.3 is 15.0 Å². The SMILES string of the molecule is CCCCNC(=O)C(C)N(Cc1ccc(C)cc1)C(=O)COc1ccc(C(C)(C)C)cc1. The highest BCUT2D eigenvalue weighted by Gasteiger charge is 2.26. The third-order valence-corrected chi connectivity index (χ3v) is 5.55. The normalized spacial score (nSPS) is 12.2. The Kier molecular flexibility index (Phi) is 9.30. The van der Waals surface area contributed by atoms with E-state index in [1.165, 1.54) is 5.56 Å². The molecule has 0 saturated carbocycles. The van der Waals surface area contributed by atoms with Crippen LogP contribution in [0.1, 0.15) is 64.2 Å². The number of unbranched alkanes of at least 4 members (excludes halogenated alkanes) is 1. The van der Waals surface area contributed by atoms with Crippen molar-refractivity contribution in [3.8, 4) is 5.75 Å². The molecule has 32 heavy (non-hydrogen) atoms.